The predicted octanol–water partition coefficient (Wildman–Crippen LogP) is 0.000300. The molecule has 0 rings (SSSR count). The number of rotatable bonds is 4. The standard InChI is InChI=1S/C6H16NO2S2/c1-7(2,3)5-6-11(8,10)9-4/h5-6H2,1-4H3/q+1. The lowest BCUT2D eigenvalue weighted by molar-refractivity contribution is -0.867. The first-order valence-electron chi connectivity index (χ1n) is 3.35. The van der Waals surface area contributed by atoms with Crippen molar-refractivity contribution >= 4 is 20.0 Å². The number of hydrogen-bond acceptors (Lipinski definition) is 3. The summed E-state index contributed by atoms with van der Waals surface area (Å²) in [5.74, 6) is 0.447. The molecule has 0 saturated heterocycles. The van der Waals surface area contributed by atoms with Gasteiger partial charge in [0.1, 0.15) is 8.77 Å². The van der Waals surface area contributed by atoms with Crippen LogP contribution in [0.4, 0.5) is 0 Å². The molecule has 0 heterocycles. The molecule has 1 atom stereocenters. The lowest BCUT2D eigenvalue weighted by atomic mass is 10.6. The van der Waals surface area contributed by atoms with Crippen LogP contribution in [0, 0.1) is 0 Å². The second-order valence-electron chi connectivity index (χ2n) is 3.44. The molecule has 3 nitrogen and oxygen atoms in total. The Hall–Kier alpha value is 0.290. The summed E-state index contributed by atoms with van der Waals surface area (Å²) in [5.41, 5.74) is 0. The maximum absolute atomic E-state index is 11.2. The molecule has 0 aliphatic heterocycles. The molecule has 0 aliphatic rings. The molecule has 0 aliphatic carbocycles. The van der Waals surface area contributed by atoms with Crippen molar-refractivity contribution in [3.8, 4) is 0 Å². The fourth-order valence-corrected chi connectivity index (χ4v) is 1.63. The SMILES string of the molecule is COS(=O)(=S)CC[N+](C)(C)C. The van der Waals surface area contributed by atoms with Crippen molar-refractivity contribution in [2.75, 3.05) is 40.6 Å². The Balaban J connectivity index is 3.91. The van der Waals surface area contributed by atoms with Gasteiger partial charge in [-0.15, -0.1) is 0 Å². The third-order valence-corrected chi connectivity index (χ3v) is 3.36. The van der Waals surface area contributed by atoms with Gasteiger partial charge in [-0.05, 0) is 0 Å². The van der Waals surface area contributed by atoms with Gasteiger partial charge in [0.15, 0.2) is 0 Å². The van der Waals surface area contributed by atoms with Gasteiger partial charge < -0.3 is 4.48 Å². The molecule has 0 radical (unpaired) electrons. The Morgan fingerprint density at radius 1 is 1.45 bits per heavy atom. The second kappa shape index (κ2) is 3.80. The minimum atomic E-state index is -2.43. The Bertz CT molecular complexity index is 203. The van der Waals surface area contributed by atoms with Gasteiger partial charge in [0.05, 0.1) is 40.6 Å². The van der Waals surface area contributed by atoms with Crippen molar-refractivity contribution in [2.45, 2.75) is 0 Å². The van der Waals surface area contributed by atoms with Crippen LogP contribution in [0.3, 0.4) is 0 Å². The maximum Gasteiger partial charge on any atom is 0.149 e. The van der Waals surface area contributed by atoms with Crippen molar-refractivity contribution in [1.82, 2.24) is 0 Å². The lowest BCUT2D eigenvalue weighted by Gasteiger charge is -2.23. The topological polar surface area (TPSA) is 26.3 Å². The normalized spacial score (nSPS) is 17.8. The van der Waals surface area contributed by atoms with Gasteiger partial charge in [0.2, 0.25) is 0 Å². The van der Waals surface area contributed by atoms with Gasteiger partial charge in [-0.25, -0.2) is 4.21 Å². The van der Waals surface area contributed by atoms with E-state index in [0.717, 1.165) is 11.0 Å². The molecule has 5 heteroatoms. The Morgan fingerprint density at radius 2 is 1.91 bits per heavy atom. The average Bonchev–Trinajstić information content (AvgIpc) is 1.83. The summed E-state index contributed by atoms with van der Waals surface area (Å²) in [7, 11) is 5.04. The third-order valence-electron chi connectivity index (χ3n) is 1.27. The molecule has 0 saturated carbocycles. The van der Waals surface area contributed by atoms with Crippen molar-refractivity contribution in [1.29, 1.82) is 0 Å². The molecule has 0 aromatic rings. The maximum atomic E-state index is 11.2. The van der Waals surface area contributed by atoms with E-state index in [1.807, 2.05) is 21.1 Å². The van der Waals surface area contributed by atoms with Crippen LogP contribution in [-0.2, 0) is 24.1 Å². The Morgan fingerprint density at radius 3 is 2.18 bits per heavy atom. The van der Waals surface area contributed by atoms with E-state index in [1.165, 1.54) is 7.11 Å². The van der Waals surface area contributed by atoms with Gasteiger partial charge in [0, 0.05) is 11.2 Å². The summed E-state index contributed by atoms with van der Waals surface area (Å²) in [4.78, 5) is 0. The number of hydrogen-bond donors (Lipinski definition) is 0. The van der Waals surface area contributed by atoms with Crippen LogP contribution in [0.15, 0.2) is 0 Å². The van der Waals surface area contributed by atoms with Crippen LogP contribution < -0.4 is 0 Å². The van der Waals surface area contributed by atoms with Crippen LogP contribution in [0.25, 0.3) is 0 Å². The largest absolute Gasteiger partial charge is 0.330 e. The molecule has 68 valence electrons. The monoisotopic (exact) mass is 198 g/mol. The molecule has 1 unspecified atom stereocenters. The molecule has 0 amide bonds. The molecular weight excluding hydrogens is 182 g/mol. The Kier molecular flexibility index (Phi) is 3.90. The van der Waals surface area contributed by atoms with Crippen molar-refractivity contribution in [3.63, 3.8) is 0 Å². The van der Waals surface area contributed by atoms with E-state index < -0.39 is 8.77 Å². The molecule has 0 spiro atoms. The minimum absolute atomic E-state index is 0.447. The summed E-state index contributed by atoms with van der Waals surface area (Å²) in [6, 6.07) is 0. The zero-order valence-electron chi connectivity index (χ0n) is 7.49. The van der Waals surface area contributed by atoms with E-state index in [1.54, 1.807) is 0 Å². The lowest BCUT2D eigenvalue weighted by Crippen LogP contribution is -2.38. The van der Waals surface area contributed by atoms with Crippen LogP contribution in [0.5, 0.6) is 0 Å². The van der Waals surface area contributed by atoms with E-state index in [0.29, 0.717) is 5.75 Å². The molecule has 0 N–H and O–H groups in total. The summed E-state index contributed by atoms with van der Waals surface area (Å²) in [5, 5.41) is 0. The molecule has 0 bridgehead atoms. The first-order valence-corrected chi connectivity index (χ1v) is 5.93. The van der Waals surface area contributed by atoms with Crippen molar-refractivity contribution in [2.24, 2.45) is 0 Å². The van der Waals surface area contributed by atoms with E-state index in [4.69, 9.17) is 11.2 Å². The summed E-state index contributed by atoms with van der Waals surface area (Å²) in [6.07, 6.45) is 0. The zero-order chi connectivity index (χ0) is 9.12. The van der Waals surface area contributed by atoms with Gasteiger partial charge in [-0.1, -0.05) is 0 Å². The molecular formula is C6H16NO2S2+. The first-order chi connectivity index (χ1) is 4.77. The van der Waals surface area contributed by atoms with Gasteiger partial charge >= 0.3 is 0 Å². The van der Waals surface area contributed by atoms with Crippen LogP contribution in [0.1, 0.15) is 0 Å². The highest BCUT2D eigenvalue weighted by molar-refractivity contribution is 8.30. The predicted molar refractivity (Wildman–Crippen MR) is 50.3 cm³/mol. The minimum Gasteiger partial charge on any atom is -0.330 e. The molecule has 0 aromatic heterocycles. The molecule has 11 heavy (non-hydrogen) atoms. The zero-order valence-corrected chi connectivity index (χ0v) is 9.13. The smallest absolute Gasteiger partial charge is 0.149 e. The Labute approximate surface area is 73.8 Å². The van der Waals surface area contributed by atoms with Crippen molar-refractivity contribution in [3.05, 3.63) is 0 Å². The number of nitrogens with zero attached hydrogens (tertiary/aromatic N) is 1. The van der Waals surface area contributed by atoms with Crippen LogP contribution in [0.2, 0.25) is 0 Å². The van der Waals surface area contributed by atoms with E-state index in [2.05, 4.69) is 4.18 Å². The molecule has 0 aromatic carbocycles. The quantitative estimate of drug-likeness (QED) is 0.595. The van der Waals surface area contributed by atoms with E-state index in [-0.39, 0.29) is 0 Å². The van der Waals surface area contributed by atoms with E-state index >= 15 is 0 Å². The first kappa shape index (κ1) is 11.3. The average molecular weight is 198 g/mol. The third kappa shape index (κ3) is 6.68. The summed E-state index contributed by atoms with van der Waals surface area (Å²) >= 11 is 4.71. The van der Waals surface area contributed by atoms with Gasteiger partial charge in [-0.2, -0.15) is 0 Å². The summed E-state index contributed by atoms with van der Waals surface area (Å²) < 4.78 is 16.6. The van der Waals surface area contributed by atoms with Gasteiger partial charge in [-0.3, -0.25) is 4.18 Å². The highest BCUT2D eigenvalue weighted by atomic mass is 32.8. The van der Waals surface area contributed by atoms with Crippen molar-refractivity contribution < 1.29 is 12.9 Å². The highest BCUT2D eigenvalue weighted by Gasteiger charge is 2.12. The fourth-order valence-electron chi connectivity index (χ4n) is 0.469. The fraction of sp³-hybridized carbons (Fsp3) is 1.00. The van der Waals surface area contributed by atoms with Gasteiger partial charge in [0.25, 0.3) is 0 Å². The highest BCUT2D eigenvalue weighted by Crippen LogP contribution is 1.96. The van der Waals surface area contributed by atoms with E-state index in [9.17, 15) is 4.21 Å². The summed E-state index contributed by atoms with van der Waals surface area (Å²) in [6.45, 7) is 0.774. The second-order valence-corrected chi connectivity index (χ2v) is 6.82. The van der Waals surface area contributed by atoms with Crippen LogP contribution >= 0.6 is 0 Å². The number of quaternary nitrogens is 1. The van der Waals surface area contributed by atoms with Crippen LogP contribution in [-0.4, -0.2) is 49.2 Å². The molecule has 0 fully saturated rings.